The molecule has 0 aliphatic rings. The van der Waals surface area contributed by atoms with Gasteiger partial charge in [0.25, 0.3) is 0 Å². The van der Waals surface area contributed by atoms with Crippen LogP contribution in [0.2, 0.25) is 0 Å². The molecule has 2 rings (SSSR count). The number of hydrogen-bond acceptors (Lipinski definition) is 4. The molecule has 0 radical (unpaired) electrons. The van der Waals surface area contributed by atoms with Gasteiger partial charge in [-0.05, 0) is 54.8 Å². The van der Waals surface area contributed by atoms with Crippen LogP contribution < -0.4 is 10.6 Å². The smallest absolute Gasteiger partial charge is 0.313 e. The molecule has 0 saturated heterocycles. The van der Waals surface area contributed by atoms with Gasteiger partial charge in [0.2, 0.25) is 0 Å². The van der Waals surface area contributed by atoms with Crippen molar-refractivity contribution >= 4 is 17.5 Å². The van der Waals surface area contributed by atoms with Crippen LogP contribution in [0, 0.1) is 6.92 Å². The van der Waals surface area contributed by atoms with Crippen LogP contribution in [0.5, 0.6) is 11.5 Å². The molecule has 0 spiro atoms. The van der Waals surface area contributed by atoms with Gasteiger partial charge in [-0.25, -0.2) is 0 Å². The number of hydrogen-bond donors (Lipinski definition) is 4. The van der Waals surface area contributed by atoms with Crippen molar-refractivity contribution in [3.05, 3.63) is 53.6 Å². The maximum absolute atomic E-state index is 11.8. The molecule has 6 nitrogen and oxygen atoms in total. The molecule has 0 heterocycles. The Morgan fingerprint density at radius 2 is 1.61 bits per heavy atom. The van der Waals surface area contributed by atoms with Crippen LogP contribution in [0.25, 0.3) is 0 Å². The third kappa shape index (κ3) is 4.74. The Morgan fingerprint density at radius 1 is 0.957 bits per heavy atom. The van der Waals surface area contributed by atoms with Gasteiger partial charge in [-0.2, -0.15) is 0 Å². The number of aromatic hydroxyl groups is 2. The van der Waals surface area contributed by atoms with Crippen molar-refractivity contribution in [2.24, 2.45) is 0 Å². The second-order valence-corrected chi connectivity index (χ2v) is 5.13. The molecule has 0 aliphatic heterocycles. The molecule has 23 heavy (non-hydrogen) atoms. The zero-order valence-corrected chi connectivity index (χ0v) is 12.7. The van der Waals surface area contributed by atoms with E-state index in [1.165, 1.54) is 18.2 Å². The van der Waals surface area contributed by atoms with Gasteiger partial charge >= 0.3 is 11.8 Å². The average molecular weight is 314 g/mol. The summed E-state index contributed by atoms with van der Waals surface area (Å²) in [6.45, 7) is 2.03. The van der Waals surface area contributed by atoms with E-state index in [1.807, 2.05) is 0 Å². The Kier molecular flexibility index (Phi) is 5.19. The standard InChI is InChI=1S/C17H18N2O4/c1-11-10-14(21)6-7-15(11)19-17(23)16(22)18-9-8-12-2-4-13(20)5-3-12/h2-7,10,20-21H,8-9H2,1H3,(H,18,22)(H,19,23). The second-order valence-electron chi connectivity index (χ2n) is 5.13. The number of carbonyl (C=O) groups excluding carboxylic acids is 2. The Labute approximate surface area is 133 Å². The predicted molar refractivity (Wildman–Crippen MR) is 86.3 cm³/mol. The molecule has 0 atom stereocenters. The lowest BCUT2D eigenvalue weighted by atomic mass is 10.1. The van der Waals surface area contributed by atoms with Crippen molar-refractivity contribution in [3.8, 4) is 11.5 Å². The number of aryl methyl sites for hydroxylation is 1. The highest BCUT2D eigenvalue weighted by molar-refractivity contribution is 6.39. The van der Waals surface area contributed by atoms with Crippen molar-refractivity contribution in [1.82, 2.24) is 5.32 Å². The van der Waals surface area contributed by atoms with E-state index in [4.69, 9.17) is 0 Å². The van der Waals surface area contributed by atoms with E-state index < -0.39 is 11.8 Å². The van der Waals surface area contributed by atoms with Crippen molar-refractivity contribution < 1.29 is 19.8 Å². The molecule has 4 N–H and O–H groups in total. The fraction of sp³-hybridized carbons (Fsp3) is 0.176. The Bertz CT molecular complexity index is 711. The number of nitrogens with one attached hydrogen (secondary N) is 2. The summed E-state index contributed by atoms with van der Waals surface area (Å²) < 4.78 is 0. The fourth-order valence-electron chi connectivity index (χ4n) is 2.03. The fourth-order valence-corrected chi connectivity index (χ4v) is 2.03. The molecular formula is C17H18N2O4. The van der Waals surface area contributed by atoms with Crippen LogP contribution >= 0.6 is 0 Å². The lowest BCUT2D eigenvalue weighted by Crippen LogP contribution is -2.36. The van der Waals surface area contributed by atoms with Crippen LogP contribution in [-0.2, 0) is 16.0 Å². The largest absolute Gasteiger partial charge is 0.508 e. The number of phenolic OH excluding ortho intramolecular Hbond substituents is 2. The molecule has 2 aromatic rings. The van der Waals surface area contributed by atoms with Gasteiger partial charge < -0.3 is 20.8 Å². The Hall–Kier alpha value is -3.02. The average Bonchev–Trinajstić information content (AvgIpc) is 2.51. The summed E-state index contributed by atoms with van der Waals surface area (Å²) in [5.41, 5.74) is 2.08. The zero-order valence-electron chi connectivity index (χ0n) is 12.7. The summed E-state index contributed by atoms with van der Waals surface area (Å²) in [4.78, 5) is 23.6. The SMILES string of the molecule is Cc1cc(O)ccc1NC(=O)C(=O)NCCc1ccc(O)cc1. The highest BCUT2D eigenvalue weighted by atomic mass is 16.3. The first-order valence-corrected chi connectivity index (χ1v) is 7.12. The molecule has 0 unspecified atom stereocenters. The highest BCUT2D eigenvalue weighted by Gasteiger charge is 2.14. The normalized spacial score (nSPS) is 10.1. The minimum Gasteiger partial charge on any atom is -0.508 e. The number of benzene rings is 2. The maximum atomic E-state index is 11.8. The first kappa shape index (κ1) is 16.4. The van der Waals surface area contributed by atoms with E-state index in [0.29, 0.717) is 24.2 Å². The van der Waals surface area contributed by atoms with Crippen LogP contribution in [0.15, 0.2) is 42.5 Å². The van der Waals surface area contributed by atoms with E-state index in [1.54, 1.807) is 31.2 Å². The number of amides is 2. The van der Waals surface area contributed by atoms with Gasteiger partial charge in [-0.3, -0.25) is 9.59 Å². The highest BCUT2D eigenvalue weighted by Crippen LogP contribution is 2.19. The van der Waals surface area contributed by atoms with Crippen molar-refractivity contribution in [1.29, 1.82) is 0 Å². The molecule has 0 saturated carbocycles. The third-order valence-corrected chi connectivity index (χ3v) is 3.30. The number of phenols is 2. The van der Waals surface area contributed by atoms with Crippen molar-refractivity contribution in [2.45, 2.75) is 13.3 Å². The van der Waals surface area contributed by atoms with Gasteiger partial charge in [0.15, 0.2) is 0 Å². The topological polar surface area (TPSA) is 98.7 Å². The monoisotopic (exact) mass is 314 g/mol. The summed E-state index contributed by atoms with van der Waals surface area (Å²) >= 11 is 0. The minimum atomic E-state index is -0.760. The van der Waals surface area contributed by atoms with E-state index in [9.17, 15) is 19.8 Å². The van der Waals surface area contributed by atoms with Crippen LogP contribution in [0.1, 0.15) is 11.1 Å². The molecular weight excluding hydrogens is 296 g/mol. The quantitative estimate of drug-likeness (QED) is 0.510. The Balaban J connectivity index is 1.83. The lowest BCUT2D eigenvalue weighted by molar-refractivity contribution is -0.136. The second kappa shape index (κ2) is 7.31. The van der Waals surface area contributed by atoms with Gasteiger partial charge in [-0.15, -0.1) is 0 Å². The molecule has 0 fully saturated rings. The van der Waals surface area contributed by atoms with E-state index in [-0.39, 0.29) is 11.5 Å². The van der Waals surface area contributed by atoms with E-state index >= 15 is 0 Å². The van der Waals surface area contributed by atoms with Crippen LogP contribution in [-0.4, -0.2) is 28.6 Å². The van der Waals surface area contributed by atoms with Crippen LogP contribution in [0.4, 0.5) is 5.69 Å². The molecule has 6 heteroatoms. The first-order chi connectivity index (χ1) is 11.0. The molecule has 120 valence electrons. The van der Waals surface area contributed by atoms with E-state index in [0.717, 1.165) is 5.56 Å². The zero-order chi connectivity index (χ0) is 16.8. The predicted octanol–water partition coefficient (Wildman–Crippen LogP) is 1.70. The molecule has 0 aromatic heterocycles. The van der Waals surface area contributed by atoms with Gasteiger partial charge in [-0.1, -0.05) is 12.1 Å². The van der Waals surface area contributed by atoms with Gasteiger partial charge in [0, 0.05) is 12.2 Å². The van der Waals surface area contributed by atoms with Gasteiger partial charge in [0.1, 0.15) is 11.5 Å². The summed E-state index contributed by atoms with van der Waals surface area (Å²) in [6.07, 6.45) is 0.553. The summed E-state index contributed by atoms with van der Waals surface area (Å²) in [5.74, 6) is -1.21. The minimum absolute atomic E-state index is 0.0962. The third-order valence-electron chi connectivity index (χ3n) is 3.30. The lowest BCUT2D eigenvalue weighted by Gasteiger charge is -2.09. The maximum Gasteiger partial charge on any atom is 0.313 e. The van der Waals surface area contributed by atoms with Crippen molar-refractivity contribution in [3.63, 3.8) is 0 Å². The summed E-state index contributed by atoms with van der Waals surface area (Å²) in [6, 6.07) is 11.1. The van der Waals surface area contributed by atoms with Crippen LogP contribution in [0.3, 0.4) is 0 Å². The van der Waals surface area contributed by atoms with E-state index in [2.05, 4.69) is 10.6 Å². The molecule has 0 aliphatic carbocycles. The number of anilines is 1. The van der Waals surface area contributed by atoms with Crippen molar-refractivity contribution in [2.75, 3.05) is 11.9 Å². The summed E-state index contributed by atoms with van der Waals surface area (Å²) in [5, 5.41) is 23.5. The molecule has 0 bridgehead atoms. The summed E-state index contributed by atoms with van der Waals surface area (Å²) in [7, 11) is 0. The number of carbonyl (C=O) groups is 2. The Morgan fingerprint density at radius 3 is 2.26 bits per heavy atom. The first-order valence-electron chi connectivity index (χ1n) is 7.12. The molecule has 2 amide bonds. The number of rotatable bonds is 4. The molecule has 2 aromatic carbocycles. The van der Waals surface area contributed by atoms with Gasteiger partial charge in [0.05, 0.1) is 0 Å².